The van der Waals surface area contributed by atoms with Crippen LogP contribution in [0.2, 0.25) is 0 Å². The van der Waals surface area contributed by atoms with Gasteiger partial charge in [-0.05, 0) is 44.1 Å². The van der Waals surface area contributed by atoms with E-state index in [2.05, 4.69) is 36.5 Å². The van der Waals surface area contributed by atoms with Crippen molar-refractivity contribution in [3.63, 3.8) is 0 Å². The second-order valence-corrected chi connectivity index (χ2v) is 7.27. The number of amides is 1. The maximum absolute atomic E-state index is 12.6. The van der Waals surface area contributed by atoms with Gasteiger partial charge < -0.3 is 11.1 Å². The monoisotopic (exact) mass is 336 g/mol. The van der Waals surface area contributed by atoms with Gasteiger partial charge in [0.25, 0.3) is 0 Å². The molecule has 0 aromatic heterocycles. The maximum atomic E-state index is 12.6. The van der Waals surface area contributed by atoms with Crippen LogP contribution in [0, 0.1) is 12.8 Å². The fourth-order valence-corrected chi connectivity index (χ4v) is 4.28. The summed E-state index contributed by atoms with van der Waals surface area (Å²) < 4.78 is 0. The normalized spacial score (nSPS) is 25.8. The van der Waals surface area contributed by atoms with Gasteiger partial charge in [-0.2, -0.15) is 0 Å². The molecule has 0 heterocycles. The molecular formula is C19H29ClN2O. The molecule has 2 atom stereocenters. The minimum atomic E-state index is -0.147. The molecule has 1 aromatic carbocycles. The number of rotatable bonds is 4. The quantitative estimate of drug-likeness (QED) is 0.878. The van der Waals surface area contributed by atoms with E-state index in [-0.39, 0.29) is 29.9 Å². The first-order chi connectivity index (χ1) is 10.6. The average molecular weight is 337 g/mol. The topological polar surface area (TPSA) is 55.1 Å². The van der Waals surface area contributed by atoms with E-state index in [1.807, 2.05) is 0 Å². The minimum Gasteiger partial charge on any atom is -0.347 e. The van der Waals surface area contributed by atoms with E-state index in [1.165, 1.54) is 30.4 Å². The average Bonchev–Trinajstić information content (AvgIpc) is 3.10. The van der Waals surface area contributed by atoms with Crippen LogP contribution in [0.5, 0.6) is 0 Å². The summed E-state index contributed by atoms with van der Waals surface area (Å²) in [6, 6.07) is 8.83. The summed E-state index contributed by atoms with van der Waals surface area (Å²) in [6.45, 7) is 2.12. The molecule has 128 valence electrons. The number of carbonyl (C=O) groups is 1. The Bertz CT molecular complexity index is 540. The van der Waals surface area contributed by atoms with Crippen molar-refractivity contribution in [2.24, 2.45) is 11.7 Å². The van der Waals surface area contributed by atoms with E-state index >= 15 is 0 Å². The molecule has 1 aromatic rings. The van der Waals surface area contributed by atoms with Gasteiger partial charge in [0.2, 0.25) is 5.91 Å². The molecule has 2 fully saturated rings. The second-order valence-electron chi connectivity index (χ2n) is 7.27. The highest BCUT2D eigenvalue weighted by Crippen LogP contribution is 2.39. The molecule has 0 spiro atoms. The predicted molar refractivity (Wildman–Crippen MR) is 96.6 cm³/mol. The standard InChI is InChI=1S/C19H28N2O.ClH/c1-14-6-4-8-16(12-14)19(10-2-3-11-19)21-18(22)13-15-7-5-9-17(15)20;/h4,6,8,12,15,17H,2-3,5,7,9-11,13,20H2,1H3,(H,21,22);1H/t15-,17+;/m0./s1. The molecule has 23 heavy (non-hydrogen) atoms. The zero-order valence-corrected chi connectivity index (χ0v) is 14.8. The van der Waals surface area contributed by atoms with Crippen LogP contribution in [0.1, 0.15) is 62.5 Å². The number of aryl methyl sites for hydroxylation is 1. The van der Waals surface area contributed by atoms with Crippen LogP contribution in [0.15, 0.2) is 24.3 Å². The second kappa shape index (κ2) is 7.67. The van der Waals surface area contributed by atoms with Crippen LogP contribution >= 0.6 is 12.4 Å². The van der Waals surface area contributed by atoms with Crippen molar-refractivity contribution in [2.75, 3.05) is 0 Å². The predicted octanol–water partition coefficient (Wildman–Crippen LogP) is 3.82. The fraction of sp³-hybridized carbons (Fsp3) is 0.632. The van der Waals surface area contributed by atoms with E-state index in [4.69, 9.17) is 5.73 Å². The molecule has 3 rings (SSSR count). The van der Waals surface area contributed by atoms with Gasteiger partial charge in [0.1, 0.15) is 0 Å². The SMILES string of the molecule is Cc1cccc(C2(NC(=O)C[C@@H]3CCC[C@H]3N)CCCC2)c1.Cl. The zero-order chi connectivity index (χ0) is 15.6. The van der Waals surface area contributed by atoms with Gasteiger partial charge in [0.05, 0.1) is 5.54 Å². The van der Waals surface area contributed by atoms with Gasteiger partial charge >= 0.3 is 0 Å². The lowest BCUT2D eigenvalue weighted by molar-refractivity contribution is -0.124. The lowest BCUT2D eigenvalue weighted by atomic mass is 9.86. The number of halogens is 1. The van der Waals surface area contributed by atoms with Crippen molar-refractivity contribution >= 4 is 18.3 Å². The van der Waals surface area contributed by atoms with E-state index in [0.29, 0.717) is 12.3 Å². The molecule has 4 heteroatoms. The number of carbonyl (C=O) groups excluding carboxylic acids is 1. The van der Waals surface area contributed by atoms with Crippen LogP contribution in [0.4, 0.5) is 0 Å². The van der Waals surface area contributed by atoms with Gasteiger partial charge in [-0.3, -0.25) is 4.79 Å². The molecule has 0 saturated heterocycles. The van der Waals surface area contributed by atoms with E-state index in [9.17, 15) is 4.79 Å². The van der Waals surface area contributed by atoms with Crippen LogP contribution in [0.25, 0.3) is 0 Å². The molecule has 0 unspecified atom stereocenters. The minimum absolute atomic E-state index is 0. The number of nitrogens with two attached hydrogens (primary N) is 1. The fourth-order valence-electron chi connectivity index (χ4n) is 4.28. The van der Waals surface area contributed by atoms with Gasteiger partial charge in [0, 0.05) is 12.5 Å². The van der Waals surface area contributed by atoms with Crippen LogP contribution in [0.3, 0.4) is 0 Å². The van der Waals surface area contributed by atoms with E-state index < -0.39 is 0 Å². The molecular weight excluding hydrogens is 308 g/mol. The molecule has 2 aliphatic carbocycles. The first kappa shape index (κ1) is 18.3. The highest BCUT2D eigenvalue weighted by molar-refractivity contribution is 5.85. The Morgan fingerprint density at radius 1 is 1.26 bits per heavy atom. The summed E-state index contributed by atoms with van der Waals surface area (Å²) in [5.41, 5.74) is 8.50. The Hall–Kier alpha value is -1.06. The van der Waals surface area contributed by atoms with Crippen LogP contribution in [-0.4, -0.2) is 11.9 Å². The molecule has 3 N–H and O–H groups in total. The third-order valence-corrected chi connectivity index (χ3v) is 5.57. The summed E-state index contributed by atoms with van der Waals surface area (Å²) in [6.07, 6.45) is 8.43. The van der Waals surface area contributed by atoms with Crippen LogP contribution < -0.4 is 11.1 Å². The zero-order valence-electron chi connectivity index (χ0n) is 14.0. The molecule has 1 amide bonds. The van der Waals surface area contributed by atoms with Crippen molar-refractivity contribution in [1.82, 2.24) is 5.32 Å². The number of benzene rings is 1. The summed E-state index contributed by atoms with van der Waals surface area (Å²) >= 11 is 0. The van der Waals surface area contributed by atoms with Crippen LogP contribution in [-0.2, 0) is 10.3 Å². The smallest absolute Gasteiger partial charge is 0.221 e. The third-order valence-electron chi connectivity index (χ3n) is 5.57. The molecule has 3 nitrogen and oxygen atoms in total. The van der Waals surface area contributed by atoms with Gasteiger partial charge in [-0.25, -0.2) is 0 Å². The number of nitrogens with one attached hydrogen (secondary N) is 1. The van der Waals surface area contributed by atoms with E-state index in [0.717, 1.165) is 25.7 Å². The van der Waals surface area contributed by atoms with Gasteiger partial charge in [-0.1, -0.05) is 49.1 Å². The van der Waals surface area contributed by atoms with Crippen molar-refractivity contribution in [1.29, 1.82) is 0 Å². The Labute approximate surface area is 145 Å². The molecule has 0 aliphatic heterocycles. The Morgan fingerprint density at radius 2 is 2.00 bits per heavy atom. The summed E-state index contributed by atoms with van der Waals surface area (Å²) in [4.78, 5) is 12.6. The molecule has 0 bridgehead atoms. The van der Waals surface area contributed by atoms with Gasteiger partial charge in [-0.15, -0.1) is 12.4 Å². The Kier molecular flexibility index (Phi) is 6.10. The molecule has 2 saturated carbocycles. The first-order valence-corrected chi connectivity index (χ1v) is 8.73. The molecule has 2 aliphatic rings. The highest BCUT2D eigenvalue weighted by atomic mass is 35.5. The Morgan fingerprint density at radius 3 is 2.61 bits per heavy atom. The lowest BCUT2D eigenvalue weighted by Crippen LogP contribution is -2.45. The van der Waals surface area contributed by atoms with Crippen molar-refractivity contribution < 1.29 is 4.79 Å². The summed E-state index contributed by atoms with van der Waals surface area (Å²) in [7, 11) is 0. The number of hydrogen-bond acceptors (Lipinski definition) is 2. The lowest BCUT2D eigenvalue weighted by Gasteiger charge is -2.32. The molecule has 0 radical (unpaired) electrons. The van der Waals surface area contributed by atoms with Crippen molar-refractivity contribution in [2.45, 2.75) is 69.9 Å². The first-order valence-electron chi connectivity index (χ1n) is 8.73. The van der Waals surface area contributed by atoms with Gasteiger partial charge in [0.15, 0.2) is 0 Å². The largest absolute Gasteiger partial charge is 0.347 e. The summed E-state index contributed by atoms with van der Waals surface area (Å²) in [5, 5.41) is 3.39. The maximum Gasteiger partial charge on any atom is 0.221 e. The third kappa shape index (κ3) is 4.07. The Balaban J connectivity index is 0.00000192. The van der Waals surface area contributed by atoms with E-state index in [1.54, 1.807) is 0 Å². The summed E-state index contributed by atoms with van der Waals surface area (Å²) in [5.74, 6) is 0.557. The number of hydrogen-bond donors (Lipinski definition) is 2. The highest BCUT2D eigenvalue weighted by Gasteiger charge is 2.38. The van der Waals surface area contributed by atoms with Crippen molar-refractivity contribution in [3.8, 4) is 0 Å². The van der Waals surface area contributed by atoms with Crippen molar-refractivity contribution in [3.05, 3.63) is 35.4 Å².